The van der Waals surface area contributed by atoms with Crippen LogP contribution in [0.5, 0.6) is 11.5 Å². The predicted molar refractivity (Wildman–Crippen MR) is 121 cm³/mol. The first-order valence-electron chi connectivity index (χ1n) is 10.1. The summed E-state index contributed by atoms with van der Waals surface area (Å²) in [5.41, 5.74) is 1.98. The minimum atomic E-state index is -0.474. The fourth-order valence-electron chi connectivity index (χ4n) is 3.04. The highest BCUT2D eigenvalue weighted by molar-refractivity contribution is 5.94. The molecule has 0 radical (unpaired) electrons. The quantitative estimate of drug-likeness (QED) is 0.416. The molecule has 0 fully saturated rings. The van der Waals surface area contributed by atoms with Crippen LogP contribution in [0.15, 0.2) is 48.5 Å². The first-order valence-corrected chi connectivity index (χ1v) is 10.1. The van der Waals surface area contributed by atoms with E-state index in [2.05, 4.69) is 10.4 Å². The lowest BCUT2D eigenvalue weighted by Gasteiger charge is -2.17. The summed E-state index contributed by atoms with van der Waals surface area (Å²) in [6, 6.07) is 12.8. The Balaban J connectivity index is 2.11. The number of nitrogens with one attached hydrogen (secondary N) is 1. The molecule has 0 spiro atoms. The summed E-state index contributed by atoms with van der Waals surface area (Å²) >= 11 is 0. The normalized spacial score (nSPS) is 11.8. The van der Waals surface area contributed by atoms with E-state index in [9.17, 15) is 14.9 Å². The third-order valence-corrected chi connectivity index (χ3v) is 5.29. The van der Waals surface area contributed by atoms with Crippen molar-refractivity contribution < 1.29 is 19.2 Å². The molecule has 3 aromatic rings. The number of non-ortho nitro benzene ring substituents is 1. The topological polar surface area (TPSA) is 109 Å². The van der Waals surface area contributed by atoms with Crippen molar-refractivity contribution in [2.45, 2.75) is 26.8 Å². The Kier molecular flexibility index (Phi) is 6.77. The molecule has 0 bridgehead atoms. The van der Waals surface area contributed by atoms with E-state index in [1.54, 1.807) is 50.6 Å². The van der Waals surface area contributed by atoms with Crippen molar-refractivity contribution in [1.29, 1.82) is 0 Å². The first-order chi connectivity index (χ1) is 15.2. The van der Waals surface area contributed by atoms with E-state index in [0.717, 1.165) is 0 Å². The Bertz CT molecular complexity index is 1120. The molecule has 0 aliphatic carbocycles. The van der Waals surface area contributed by atoms with Gasteiger partial charge in [-0.3, -0.25) is 14.9 Å². The lowest BCUT2D eigenvalue weighted by molar-refractivity contribution is -0.384. The van der Waals surface area contributed by atoms with Gasteiger partial charge in [-0.05, 0) is 43.2 Å². The first kappa shape index (κ1) is 22.8. The van der Waals surface area contributed by atoms with Crippen molar-refractivity contribution >= 4 is 11.6 Å². The molecule has 0 aliphatic rings. The molecule has 1 amide bonds. The molecule has 0 saturated heterocycles. The largest absolute Gasteiger partial charge is 0.497 e. The summed E-state index contributed by atoms with van der Waals surface area (Å²) < 4.78 is 12.2. The van der Waals surface area contributed by atoms with E-state index in [-0.39, 0.29) is 23.6 Å². The second kappa shape index (κ2) is 9.51. The van der Waals surface area contributed by atoms with Crippen LogP contribution in [0, 0.1) is 16.0 Å². The monoisotopic (exact) mass is 438 g/mol. The molecule has 2 aromatic carbocycles. The maximum atomic E-state index is 13.1. The zero-order chi connectivity index (χ0) is 23.4. The Morgan fingerprint density at radius 1 is 1.06 bits per heavy atom. The van der Waals surface area contributed by atoms with Gasteiger partial charge in [-0.2, -0.15) is 5.10 Å². The number of nitro groups is 1. The lowest BCUT2D eigenvalue weighted by Crippen LogP contribution is -2.37. The van der Waals surface area contributed by atoms with Crippen LogP contribution in [0.25, 0.3) is 16.9 Å². The van der Waals surface area contributed by atoms with Gasteiger partial charge in [-0.1, -0.05) is 13.8 Å². The molecule has 32 heavy (non-hydrogen) atoms. The number of ether oxygens (including phenoxy) is 2. The number of methoxy groups -OCH3 is 2. The summed E-state index contributed by atoms with van der Waals surface area (Å²) in [5.74, 6) is 1.12. The van der Waals surface area contributed by atoms with Crippen molar-refractivity contribution in [3.63, 3.8) is 0 Å². The average Bonchev–Trinajstić information content (AvgIpc) is 3.23. The van der Waals surface area contributed by atoms with Gasteiger partial charge in [0.1, 0.15) is 17.2 Å². The maximum absolute atomic E-state index is 13.1. The van der Waals surface area contributed by atoms with E-state index in [0.29, 0.717) is 34.1 Å². The molecule has 0 aliphatic heterocycles. The number of hydrogen-bond acceptors (Lipinski definition) is 6. The molecule has 1 aromatic heterocycles. The fourth-order valence-corrected chi connectivity index (χ4v) is 3.04. The lowest BCUT2D eigenvalue weighted by atomic mass is 10.1. The third kappa shape index (κ3) is 4.72. The van der Waals surface area contributed by atoms with Gasteiger partial charge in [0, 0.05) is 29.8 Å². The number of carbonyl (C=O) groups excluding carboxylic acids is 1. The van der Waals surface area contributed by atoms with Gasteiger partial charge in [0.25, 0.3) is 11.6 Å². The maximum Gasteiger partial charge on any atom is 0.270 e. The van der Waals surface area contributed by atoms with E-state index in [4.69, 9.17) is 9.47 Å². The summed E-state index contributed by atoms with van der Waals surface area (Å²) in [6.07, 6.45) is 0. The van der Waals surface area contributed by atoms with Gasteiger partial charge in [-0.25, -0.2) is 4.68 Å². The van der Waals surface area contributed by atoms with Crippen molar-refractivity contribution in [3.8, 4) is 28.4 Å². The number of benzene rings is 2. The second-order valence-electron chi connectivity index (χ2n) is 7.67. The average molecular weight is 438 g/mol. The van der Waals surface area contributed by atoms with Crippen molar-refractivity contribution in [1.82, 2.24) is 15.1 Å². The number of rotatable bonds is 8. The molecule has 168 valence electrons. The van der Waals surface area contributed by atoms with Crippen LogP contribution < -0.4 is 14.8 Å². The molecule has 1 heterocycles. The number of amides is 1. The Hall–Kier alpha value is -3.88. The Morgan fingerprint density at radius 3 is 2.31 bits per heavy atom. The number of nitro benzene ring substituents is 1. The predicted octanol–water partition coefficient (Wildman–Crippen LogP) is 4.24. The molecule has 1 atom stereocenters. The highest BCUT2D eigenvalue weighted by Crippen LogP contribution is 2.33. The Labute approximate surface area is 186 Å². The van der Waals surface area contributed by atoms with Gasteiger partial charge >= 0.3 is 0 Å². The van der Waals surface area contributed by atoms with Crippen LogP contribution in [0.1, 0.15) is 31.3 Å². The molecule has 3 rings (SSSR count). The van der Waals surface area contributed by atoms with Crippen molar-refractivity contribution in [2.75, 3.05) is 14.2 Å². The van der Waals surface area contributed by atoms with Gasteiger partial charge < -0.3 is 14.8 Å². The SMILES string of the molecule is COc1ccc(-c2cc(C(=O)NC(C)C(C)C)n(-c3ccc([N+](=O)[O-])cc3)n2)c(OC)c1. The van der Waals surface area contributed by atoms with Gasteiger partial charge in [0.2, 0.25) is 0 Å². The molecular weight excluding hydrogens is 412 g/mol. The summed E-state index contributed by atoms with van der Waals surface area (Å²) in [5, 5.41) is 18.6. The summed E-state index contributed by atoms with van der Waals surface area (Å²) in [7, 11) is 3.11. The molecule has 9 heteroatoms. The number of hydrogen-bond donors (Lipinski definition) is 1. The van der Waals surface area contributed by atoms with Crippen LogP contribution in [-0.4, -0.2) is 40.9 Å². The zero-order valence-electron chi connectivity index (χ0n) is 18.7. The highest BCUT2D eigenvalue weighted by Gasteiger charge is 2.22. The number of aromatic nitrogens is 2. The molecule has 0 saturated carbocycles. The minimum absolute atomic E-state index is 0.0441. The smallest absolute Gasteiger partial charge is 0.270 e. The molecule has 1 N–H and O–H groups in total. The van der Waals surface area contributed by atoms with Crippen molar-refractivity contribution in [3.05, 3.63) is 64.3 Å². The zero-order valence-corrected chi connectivity index (χ0v) is 18.7. The molecular formula is C23H26N4O5. The third-order valence-electron chi connectivity index (χ3n) is 5.29. The molecule has 1 unspecified atom stereocenters. The second-order valence-corrected chi connectivity index (χ2v) is 7.67. The number of carbonyl (C=O) groups is 1. The van der Waals surface area contributed by atoms with Gasteiger partial charge in [0.15, 0.2) is 0 Å². The van der Waals surface area contributed by atoms with Crippen LogP contribution >= 0.6 is 0 Å². The van der Waals surface area contributed by atoms with Crippen LogP contribution in [0.4, 0.5) is 5.69 Å². The van der Waals surface area contributed by atoms with Crippen molar-refractivity contribution in [2.24, 2.45) is 5.92 Å². The Morgan fingerprint density at radius 2 is 1.75 bits per heavy atom. The van der Waals surface area contributed by atoms with Gasteiger partial charge in [0.05, 0.1) is 30.5 Å². The van der Waals surface area contributed by atoms with E-state index < -0.39 is 4.92 Å². The highest BCUT2D eigenvalue weighted by atomic mass is 16.6. The van der Waals surface area contributed by atoms with Gasteiger partial charge in [-0.15, -0.1) is 0 Å². The molecule has 9 nitrogen and oxygen atoms in total. The van der Waals surface area contributed by atoms with E-state index in [1.807, 2.05) is 20.8 Å². The number of nitrogens with zero attached hydrogens (tertiary/aromatic N) is 3. The van der Waals surface area contributed by atoms with Crippen LogP contribution in [0.2, 0.25) is 0 Å². The summed E-state index contributed by atoms with van der Waals surface area (Å²) in [4.78, 5) is 23.6. The fraction of sp³-hybridized carbons (Fsp3) is 0.304. The van der Waals surface area contributed by atoms with E-state index >= 15 is 0 Å². The standard InChI is InChI=1S/C23H26N4O5/c1-14(2)15(3)24-23(28)21-13-20(19-11-10-18(31-4)12-22(19)32-5)25-26(21)16-6-8-17(9-7-16)27(29)30/h6-15H,1-5H3,(H,24,28). The minimum Gasteiger partial charge on any atom is -0.497 e. The van der Waals surface area contributed by atoms with E-state index in [1.165, 1.54) is 16.8 Å². The summed E-state index contributed by atoms with van der Waals surface area (Å²) in [6.45, 7) is 5.97. The van der Waals surface area contributed by atoms with Crippen LogP contribution in [0.3, 0.4) is 0 Å². The van der Waals surface area contributed by atoms with Crippen LogP contribution in [-0.2, 0) is 0 Å².